The van der Waals surface area contributed by atoms with Crippen molar-refractivity contribution in [2.24, 2.45) is 0 Å². The minimum Gasteiger partial charge on any atom is -0.336 e. The number of carbonyl (C=O) groups is 3. The Bertz CT molecular complexity index is 657. The van der Waals surface area contributed by atoms with E-state index in [0.717, 1.165) is 4.90 Å². The van der Waals surface area contributed by atoms with Crippen LogP contribution in [0.15, 0.2) is 18.2 Å². The number of nitrogens with zero attached hydrogens (tertiary/aromatic N) is 2. The molecule has 1 aliphatic rings. The van der Waals surface area contributed by atoms with E-state index in [4.69, 9.17) is 0 Å². The predicted octanol–water partition coefficient (Wildman–Crippen LogP) is 1.17. The summed E-state index contributed by atoms with van der Waals surface area (Å²) < 4.78 is 0. The van der Waals surface area contributed by atoms with Gasteiger partial charge in [-0.1, -0.05) is 6.07 Å². The number of imide groups is 1. The molecule has 9 nitrogen and oxygen atoms in total. The number of nitrogens with one attached hydrogen (secondary N) is 2. The summed E-state index contributed by atoms with van der Waals surface area (Å²) in [5.41, 5.74) is 0.875. The van der Waals surface area contributed by atoms with E-state index in [2.05, 4.69) is 10.6 Å². The molecule has 1 aromatic carbocycles. The van der Waals surface area contributed by atoms with Crippen LogP contribution in [0.25, 0.3) is 0 Å². The van der Waals surface area contributed by atoms with Crippen LogP contribution in [0.4, 0.5) is 16.2 Å². The third kappa shape index (κ3) is 4.02. The highest BCUT2D eigenvalue weighted by Crippen LogP contribution is 2.21. The summed E-state index contributed by atoms with van der Waals surface area (Å²) >= 11 is 0. The van der Waals surface area contributed by atoms with E-state index in [9.17, 15) is 24.5 Å². The molecule has 4 amide bonds. The molecule has 2 N–H and O–H groups in total. The summed E-state index contributed by atoms with van der Waals surface area (Å²) in [6.07, 6.45) is 0.413. The molecule has 0 spiro atoms. The van der Waals surface area contributed by atoms with Gasteiger partial charge in [-0.15, -0.1) is 0 Å². The molecule has 0 unspecified atom stereocenters. The standard InChI is InChI=1S/C14H16N4O5/c1-9-2-3-10(18(22)23)8-11(9)16-14(21)15-6-7-17-12(19)4-5-13(17)20/h2-3,8H,4-7H2,1H3,(H2,15,16,21). The highest BCUT2D eigenvalue weighted by molar-refractivity contribution is 6.02. The van der Waals surface area contributed by atoms with Crippen molar-refractivity contribution < 1.29 is 19.3 Å². The zero-order valence-corrected chi connectivity index (χ0v) is 12.5. The maximum absolute atomic E-state index is 11.8. The van der Waals surface area contributed by atoms with Gasteiger partial charge in [0.05, 0.1) is 10.6 Å². The van der Waals surface area contributed by atoms with Gasteiger partial charge in [0.15, 0.2) is 0 Å². The van der Waals surface area contributed by atoms with Gasteiger partial charge in [0, 0.05) is 38.1 Å². The Hall–Kier alpha value is -2.97. The van der Waals surface area contributed by atoms with E-state index < -0.39 is 11.0 Å². The molecule has 122 valence electrons. The van der Waals surface area contributed by atoms with Crippen LogP contribution in [-0.4, -0.2) is 40.8 Å². The summed E-state index contributed by atoms with van der Waals surface area (Å²) in [4.78, 5) is 45.9. The molecule has 0 aromatic heterocycles. The van der Waals surface area contributed by atoms with Gasteiger partial charge in [-0.3, -0.25) is 24.6 Å². The van der Waals surface area contributed by atoms with E-state index in [1.807, 2.05) is 0 Å². The van der Waals surface area contributed by atoms with Gasteiger partial charge in [-0.25, -0.2) is 4.79 Å². The monoisotopic (exact) mass is 320 g/mol. The maximum Gasteiger partial charge on any atom is 0.319 e. The second kappa shape index (κ2) is 6.86. The fraction of sp³-hybridized carbons (Fsp3) is 0.357. The molecule has 0 saturated carbocycles. The van der Waals surface area contributed by atoms with Crippen LogP contribution >= 0.6 is 0 Å². The number of benzene rings is 1. The van der Waals surface area contributed by atoms with Crippen LogP contribution < -0.4 is 10.6 Å². The van der Waals surface area contributed by atoms with E-state index in [0.29, 0.717) is 11.3 Å². The van der Waals surface area contributed by atoms with Crippen LogP contribution in [0.2, 0.25) is 0 Å². The van der Waals surface area contributed by atoms with Gasteiger partial charge in [-0.2, -0.15) is 0 Å². The fourth-order valence-corrected chi connectivity index (χ4v) is 2.18. The zero-order chi connectivity index (χ0) is 17.0. The molecule has 0 atom stereocenters. The third-order valence-electron chi connectivity index (χ3n) is 3.46. The molecule has 1 aliphatic heterocycles. The van der Waals surface area contributed by atoms with Crippen molar-refractivity contribution in [2.75, 3.05) is 18.4 Å². The molecule has 0 bridgehead atoms. The normalized spacial score (nSPS) is 14.0. The third-order valence-corrected chi connectivity index (χ3v) is 3.46. The van der Waals surface area contributed by atoms with Gasteiger partial charge < -0.3 is 10.6 Å². The number of hydrogen-bond donors (Lipinski definition) is 2. The molecular formula is C14H16N4O5. The first-order chi connectivity index (χ1) is 10.9. The largest absolute Gasteiger partial charge is 0.336 e. The lowest BCUT2D eigenvalue weighted by Crippen LogP contribution is -2.39. The summed E-state index contributed by atoms with van der Waals surface area (Å²) in [6, 6.07) is 3.59. The van der Waals surface area contributed by atoms with Crippen molar-refractivity contribution in [3.05, 3.63) is 33.9 Å². The number of rotatable bonds is 5. The van der Waals surface area contributed by atoms with Crippen LogP contribution in [0, 0.1) is 17.0 Å². The molecule has 1 saturated heterocycles. The molecule has 0 radical (unpaired) electrons. The van der Waals surface area contributed by atoms with E-state index >= 15 is 0 Å². The molecule has 23 heavy (non-hydrogen) atoms. The SMILES string of the molecule is Cc1ccc([N+](=O)[O-])cc1NC(=O)NCCN1C(=O)CCC1=O. The Kier molecular flexibility index (Phi) is 4.89. The number of urea groups is 1. The molecule has 1 fully saturated rings. The number of amides is 4. The van der Waals surface area contributed by atoms with Crippen LogP contribution in [0.1, 0.15) is 18.4 Å². The average Bonchev–Trinajstić information content (AvgIpc) is 2.81. The predicted molar refractivity (Wildman–Crippen MR) is 80.8 cm³/mol. The van der Waals surface area contributed by atoms with Crippen LogP contribution in [-0.2, 0) is 9.59 Å². The molecule has 1 aromatic rings. The summed E-state index contributed by atoms with van der Waals surface area (Å²) in [5.74, 6) is -0.488. The van der Waals surface area contributed by atoms with Gasteiger partial charge in [0.2, 0.25) is 11.8 Å². The van der Waals surface area contributed by atoms with Crippen molar-refractivity contribution in [1.29, 1.82) is 0 Å². The first-order valence-electron chi connectivity index (χ1n) is 7.01. The summed E-state index contributed by atoms with van der Waals surface area (Å²) in [5, 5.41) is 15.8. The highest BCUT2D eigenvalue weighted by Gasteiger charge is 2.28. The molecule has 9 heteroatoms. The van der Waals surface area contributed by atoms with E-state index in [1.54, 1.807) is 6.92 Å². The van der Waals surface area contributed by atoms with Crippen molar-refractivity contribution in [1.82, 2.24) is 10.2 Å². The average molecular weight is 320 g/mol. The smallest absolute Gasteiger partial charge is 0.319 e. The Labute approximate surface area is 131 Å². The number of anilines is 1. The lowest BCUT2D eigenvalue weighted by atomic mass is 10.2. The van der Waals surface area contributed by atoms with Crippen molar-refractivity contribution in [2.45, 2.75) is 19.8 Å². The van der Waals surface area contributed by atoms with Crippen LogP contribution in [0.5, 0.6) is 0 Å². The number of hydrogen-bond acceptors (Lipinski definition) is 5. The van der Waals surface area contributed by atoms with Crippen molar-refractivity contribution in [3.8, 4) is 0 Å². The molecular weight excluding hydrogens is 304 g/mol. The molecule has 1 heterocycles. The summed E-state index contributed by atoms with van der Waals surface area (Å²) in [6.45, 7) is 1.93. The fourth-order valence-electron chi connectivity index (χ4n) is 2.18. The van der Waals surface area contributed by atoms with Gasteiger partial charge in [0.25, 0.3) is 5.69 Å². The quantitative estimate of drug-likeness (QED) is 0.479. The Morgan fingerprint density at radius 1 is 1.30 bits per heavy atom. The zero-order valence-electron chi connectivity index (χ0n) is 12.5. The van der Waals surface area contributed by atoms with E-state index in [-0.39, 0.29) is 43.4 Å². The Balaban J connectivity index is 1.87. The Morgan fingerprint density at radius 3 is 2.57 bits per heavy atom. The minimum absolute atomic E-state index is 0.108. The number of likely N-dealkylation sites (tertiary alicyclic amines) is 1. The second-order valence-electron chi connectivity index (χ2n) is 5.08. The Morgan fingerprint density at radius 2 is 1.96 bits per heavy atom. The minimum atomic E-state index is -0.562. The topological polar surface area (TPSA) is 122 Å². The van der Waals surface area contributed by atoms with Gasteiger partial charge in [0.1, 0.15) is 0 Å². The van der Waals surface area contributed by atoms with Gasteiger partial charge in [-0.05, 0) is 12.5 Å². The molecule has 2 rings (SSSR count). The maximum atomic E-state index is 11.8. The first-order valence-corrected chi connectivity index (χ1v) is 7.01. The van der Waals surface area contributed by atoms with E-state index in [1.165, 1.54) is 18.2 Å². The van der Waals surface area contributed by atoms with Crippen LogP contribution in [0.3, 0.4) is 0 Å². The van der Waals surface area contributed by atoms with Gasteiger partial charge >= 0.3 is 6.03 Å². The number of non-ortho nitro benzene ring substituents is 1. The van der Waals surface area contributed by atoms with Crippen molar-refractivity contribution >= 4 is 29.2 Å². The number of nitro benzene ring substituents is 1. The van der Waals surface area contributed by atoms with Crippen molar-refractivity contribution in [3.63, 3.8) is 0 Å². The number of nitro groups is 1. The second-order valence-corrected chi connectivity index (χ2v) is 5.08. The lowest BCUT2D eigenvalue weighted by molar-refractivity contribution is -0.384. The first kappa shape index (κ1) is 16.4. The highest BCUT2D eigenvalue weighted by atomic mass is 16.6. The summed E-state index contributed by atoms with van der Waals surface area (Å²) in [7, 11) is 0. The number of carbonyl (C=O) groups excluding carboxylic acids is 3. The number of aryl methyl sites for hydroxylation is 1. The molecule has 0 aliphatic carbocycles. The lowest BCUT2D eigenvalue weighted by Gasteiger charge is -2.14.